The van der Waals surface area contributed by atoms with Gasteiger partial charge in [0.15, 0.2) is 0 Å². The van der Waals surface area contributed by atoms with Crippen LogP contribution in [0.3, 0.4) is 0 Å². The molecule has 4 aromatic carbocycles. The first-order valence-electron chi connectivity index (χ1n) is 12.7. The van der Waals surface area contributed by atoms with Crippen molar-refractivity contribution in [1.29, 1.82) is 0 Å². The number of nitrogens with zero attached hydrogens (tertiary/aromatic N) is 1. The van der Waals surface area contributed by atoms with E-state index in [4.69, 9.17) is 21.1 Å². The quantitative estimate of drug-likeness (QED) is 0.154. The SMILES string of the molecule is CCOC(=O)c1ccc(N2C(=O)C(Cl)=C(Nc3ccc(C(=O)Oc4ccc(-c5ccccc5)cc4)cc3)C2=O)cc1. The van der Waals surface area contributed by atoms with Crippen LogP contribution in [0.2, 0.25) is 0 Å². The summed E-state index contributed by atoms with van der Waals surface area (Å²) in [7, 11) is 0. The Hall–Kier alpha value is -5.21. The first-order valence-corrected chi connectivity index (χ1v) is 13.0. The number of anilines is 2. The minimum Gasteiger partial charge on any atom is -0.462 e. The molecule has 0 fully saturated rings. The molecule has 0 unspecified atom stereocenters. The van der Waals surface area contributed by atoms with Gasteiger partial charge in [-0.05, 0) is 78.7 Å². The summed E-state index contributed by atoms with van der Waals surface area (Å²) in [6, 6.07) is 29.1. The molecule has 4 aromatic rings. The third-order valence-electron chi connectivity index (χ3n) is 6.23. The fourth-order valence-electron chi connectivity index (χ4n) is 4.15. The third-order valence-corrected chi connectivity index (χ3v) is 6.58. The van der Waals surface area contributed by atoms with Crippen molar-refractivity contribution in [2.75, 3.05) is 16.8 Å². The molecule has 41 heavy (non-hydrogen) atoms. The largest absolute Gasteiger partial charge is 0.462 e. The lowest BCUT2D eigenvalue weighted by atomic mass is 10.1. The zero-order valence-electron chi connectivity index (χ0n) is 21.8. The minimum absolute atomic E-state index is 0.111. The van der Waals surface area contributed by atoms with E-state index >= 15 is 0 Å². The van der Waals surface area contributed by atoms with Crippen LogP contribution in [0.15, 0.2) is 114 Å². The number of carbonyl (C=O) groups excluding carboxylic acids is 4. The standard InChI is InChI=1S/C32H23ClN2O6/c1-2-40-31(38)22-10-16-25(17-11-22)35-29(36)27(33)28(30(35)37)34-24-14-8-23(9-15-24)32(39)41-26-18-12-21(13-19-26)20-6-4-3-5-7-20/h3-19,34H,2H2,1H3. The van der Waals surface area contributed by atoms with Crippen molar-refractivity contribution >= 4 is 46.7 Å². The molecule has 1 aliphatic rings. The number of rotatable bonds is 8. The maximum Gasteiger partial charge on any atom is 0.343 e. The Morgan fingerprint density at radius 3 is 1.95 bits per heavy atom. The molecular weight excluding hydrogens is 544 g/mol. The average Bonchev–Trinajstić information content (AvgIpc) is 3.21. The number of hydrogen-bond acceptors (Lipinski definition) is 7. The molecule has 1 N–H and O–H groups in total. The molecule has 1 aliphatic heterocycles. The van der Waals surface area contributed by atoms with Gasteiger partial charge < -0.3 is 14.8 Å². The lowest BCUT2D eigenvalue weighted by Gasteiger charge is -2.15. The first-order chi connectivity index (χ1) is 19.9. The molecule has 0 spiro atoms. The predicted octanol–water partition coefficient (Wildman–Crippen LogP) is 6.19. The van der Waals surface area contributed by atoms with Crippen LogP contribution in [0.5, 0.6) is 5.75 Å². The van der Waals surface area contributed by atoms with Gasteiger partial charge in [0.25, 0.3) is 11.8 Å². The number of halogens is 1. The maximum absolute atomic E-state index is 13.1. The molecule has 5 rings (SSSR count). The summed E-state index contributed by atoms with van der Waals surface area (Å²) in [6.07, 6.45) is 0. The minimum atomic E-state index is -0.707. The molecule has 1 heterocycles. The van der Waals surface area contributed by atoms with Crippen molar-refractivity contribution in [2.24, 2.45) is 0 Å². The van der Waals surface area contributed by atoms with Crippen molar-refractivity contribution in [1.82, 2.24) is 0 Å². The van der Waals surface area contributed by atoms with E-state index in [0.717, 1.165) is 16.0 Å². The van der Waals surface area contributed by atoms with Gasteiger partial charge in [0, 0.05) is 5.69 Å². The van der Waals surface area contributed by atoms with Crippen LogP contribution >= 0.6 is 11.6 Å². The number of amides is 2. The van der Waals surface area contributed by atoms with Gasteiger partial charge in [0.1, 0.15) is 16.5 Å². The third kappa shape index (κ3) is 5.88. The second kappa shape index (κ2) is 11.9. The predicted molar refractivity (Wildman–Crippen MR) is 155 cm³/mol. The van der Waals surface area contributed by atoms with Gasteiger partial charge in [-0.15, -0.1) is 0 Å². The normalized spacial score (nSPS) is 12.9. The first kappa shape index (κ1) is 27.4. The zero-order valence-corrected chi connectivity index (χ0v) is 22.6. The Balaban J connectivity index is 1.23. The van der Waals surface area contributed by atoms with E-state index in [2.05, 4.69) is 5.32 Å². The summed E-state index contributed by atoms with van der Waals surface area (Å²) in [6.45, 7) is 1.92. The van der Waals surface area contributed by atoms with Crippen molar-refractivity contribution in [3.8, 4) is 16.9 Å². The molecular formula is C32H23ClN2O6. The van der Waals surface area contributed by atoms with Gasteiger partial charge in [0.2, 0.25) is 0 Å². The summed E-state index contributed by atoms with van der Waals surface area (Å²) < 4.78 is 10.4. The maximum atomic E-state index is 13.1. The molecule has 0 saturated heterocycles. The number of ether oxygens (including phenoxy) is 2. The number of imide groups is 1. The summed E-state index contributed by atoms with van der Waals surface area (Å²) in [4.78, 5) is 51.3. The average molecular weight is 567 g/mol. The number of esters is 2. The van der Waals surface area contributed by atoms with Crippen molar-refractivity contribution < 1.29 is 28.7 Å². The Morgan fingerprint density at radius 1 is 0.732 bits per heavy atom. The van der Waals surface area contributed by atoms with Crippen LogP contribution in [0.1, 0.15) is 27.6 Å². The van der Waals surface area contributed by atoms with E-state index in [-0.39, 0.29) is 28.6 Å². The van der Waals surface area contributed by atoms with Crippen LogP contribution in [-0.2, 0) is 14.3 Å². The highest BCUT2D eigenvalue weighted by Crippen LogP contribution is 2.30. The molecule has 204 valence electrons. The molecule has 0 aromatic heterocycles. The van der Waals surface area contributed by atoms with Gasteiger partial charge in [-0.1, -0.05) is 54.1 Å². The summed E-state index contributed by atoms with van der Waals surface area (Å²) in [5, 5.41) is 2.58. The lowest BCUT2D eigenvalue weighted by Crippen LogP contribution is -2.32. The highest BCUT2D eigenvalue weighted by atomic mass is 35.5. The Labute approximate surface area is 240 Å². The van der Waals surface area contributed by atoms with E-state index in [1.165, 1.54) is 36.4 Å². The van der Waals surface area contributed by atoms with Crippen molar-refractivity contribution in [3.63, 3.8) is 0 Å². The monoisotopic (exact) mass is 566 g/mol. The Kier molecular flexibility index (Phi) is 7.94. The van der Waals surface area contributed by atoms with Crippen LogP contribution < -0.4 is 15.0 Å². The number of hydrogen-bond donors (Lipinski definition) is 1. The molecule has 0 aliphatic carbocycles. The van der Waals surface area contributed by atoms with Crippen LogP contribution in [-0.4, -0.2) is 30.4 Å². The molecule has 8 nitrogen and oxygen atoms in total. The Bertz CT molecular complexity index is 1650. The van der Waals surface area contributed by atoms with E-state index < -0.39 is 23.8 Å². The topological polar surface area (TPSA) is 102 Å². The second-order valence-corrected chi connectivity index (χ2v) is 9.26. The van der Waals surface area contributed by atoms with Crippen molar-refractivity contribution in [2.45, 2.75) is 6.92 Å². The zero-order chi connectivity index (χ0) is 28.9. The van der Waals surface area contributed by atoms with Crippen LogP contribution in [0.25, 0.3) is 11.1 Å². The number of nitrogens with one attached hydrogen (secondary N) is 1. The van der Waals surface area contributed by atoms with Gasteiger partial charge in [-0.2, -0.15) is 0 Å². The molecule has 9 heteroatoms. The van der Waals surface area contributed by atoms with Crippen molar-refractivity contribution in [3.05, 3.63) is 125 Å². The number of carbonyl (C=O) groups is 4. The fourth-order valence-corrected chi connectivity index (χ4v) is 4.37. The molecule has 0 saturated carbocycles. The van der Waals surface area contributed by atoms with Gasteiger partial charge in [-0.3, -0.25) is 9.59 Å². The fraction of sp³-hybridized carbons (Fsp3) is 0.0625. The molecule has 0 bridgehead atoms. The highest BCUT2D eigenvalue weighted by Gasteiger charge is 2.39. The van der Waals surface area contributed by atoms with Gasteiger partial charge in [0.05, 0.1) is 23.4 Å². The summed E-state index contributed by atoms with van der Waals surface area (Å²) >= 11 is 6.22. The highest BCUT2D eigenvalue weighted by molar-refractivity contribution is 6.53. The Morgan fingerprint density at radius 2 is 1.32 bits per heavy atom. The van der Waals surface area contributed by atoms with Crippen LogP contribution in [0, 0.1) is 0 Å². The van der Waals surface area contributed by atoms with E-state index in [1.807, 2.05) is 42.5 Å². The van der Waals surface area contributed by atoms with Crippen LogP contribution in [0.4, 0.5) is 11.4 Å². The van der Waals surface area contributed by atoms with Gasteiger partial charge >= 0.3 is 11.9 Å². The van der Waals surface area contributed by atoms with Gasteiger partial charge in [-0.25, -0.2) is 14.5 Å². The smallest absolute Gasteiger partial charge is 0.343 e. The molecule has 0 radical (unpaired) electrons. The molecule has 0 atom stereocenters. The number of benzene rings is 4. The van der Waals surface area contributed by atoms with E-state index in [0.29, 0.717) is 17.0 Å². The summed E-state index contributed by atoms with van der Waals surface area (Å²) in [5.74, 6) is -2.03. The van der Waals surface area contributed by atoms with E-state index in [1.54, 1.807) is 31.2 Å². The lowest BCUT2D eigenvalue weighted by molar-refractivity contribution is -0.120. The summed E-state index contributed by atoms with van der Waals surface area (Å²) in [5.41, 5.74) is 3.21. The second-order valence-electron chi connectivity index (χ2n) is 8.88. The molecule has 2 amide bonds. The van der Waals surface area contributed by atoms with E-state index in [9.17, 15) is 19.2 Å².